The lowest BCUT2D eigenvalue weighted by atomic mass is 10.1. The Balaban J connectivity index is 1.48. The van der Waals surface area contributed by atoms with E-state index in [2.05, 4.69) is 10.6 Å². The molecule has 1 aromatic carbocycles. The van der Waals surface area contributed by atoms with Crippen molar-refractivity contribution in [3.8, 4) is 0 Å². The van der Waals surface area contributed by atoms with Crippen LogP contribution in [-0.4, -0.2) is 49.2 Å². The van der Waals surface area contributed by atoms with Gasteiger partial charge in [-0.1, -0.05) is 25.0 Å². The first-order valence-corrected chi connectivity index (χ1v) is 9.74. The van der Waals surface area contributed by atoms with E-state index in [1.54, 1.807) is 6.07 Å². The van der Waals surface area contributed by atoms with E-state index in [9.17, 15) is 9.59 Å². The first-order valence-electron chi connectivity index (χ1n) is 9.74. The van der Waals surface area contributed by atoms with Gasteiger partial charge in [0.25, 0.3) is 5.91 Å². The Hall–Kier alpha value is -2.08. The molecule has 6 nitrogen and oxygen atoms in total. The highest BCUT2D eigenvalue weighted by molar-refractivity contribution is 5.94. The Bertz CT molecular complexity index is 606. The fraction of sp³-hybridized carbons (Fsp3) is 0.600. The molecule has 2 saturated heterocycles. The minimum atomic E-state index is -0.0961. The number of nitrogens with one attached hydrogen (secondary N) is 2. The molecule has 0 radical (unpaired) electrons. The molecule has 0 saturated carbocycles. The summed E-state index contributed by atoms with van der Waals surface area (Å²) in [6, 6.07) is 7.41. The molecule has 2 N–H and O–H groups in total. The summed E-state index contributed by atoms with van der Waals surface area (Å²) < 4.78 is 5.53. The number of carbonyl (C=O) groups excluding carboxylic acids is 2. The molecule has 1 atom stereocenters. The third-order valence-electron chi connectivity index (χ3n) is 5.04. The van der Waals surface area contributed by atoms with Crippen molar-refractivity contribution < 1.29 is 14.3 Å². The van der Waals surface area contributed by atoms with Gasteiger partial charge in [0.2, 0.25) is 0 Å². The smallest absolute Gasteiger partial charge is 0.317 e. The summed E-state index contributed by atoms with van der Waals surface area (Å²) in [4.78, 5) is 26.5. The summed E-state index contributed by atoms with van der Waals surface area (Å²) >= 11 is 0. The van der Waals surface area contributed by atoms with Crippen LogP contribution in [0.25, 0.3) is 0 Å². The van der Waals surface area contributed by atoms with Crippen molar-refractivity contribution in [2.45, 2.75) is 51.2 Å². The van der Waals surface area contributed by atoms with Gasteiger partial charge in [0.05, 0.1) is 6.10 Å². The second kappa shape index (κ2) is 9.57. The lowest BCUT2D eigenvalue weighted by molar-refractivity contribution is 0.0857. The number of benzene rings is 1. The van der Waals surface area contributed by atoms with E-state index in [4.69, 9.17) is 4.74 Å². The van der Waals surface area contributed by atoms with E-state index < -0.39 is 0 Å². The molecule has 0 bridgehead atoms. The maximum Gasteiger partial charge on any atom is 0.317 e. The highest BCUT2D eigenvalue weighted by Gasteiger charge is 2.17. The summed E-state index contributed by atoms with van der Waals surface area (Å²) in [5, 5.41) is 5.91. The second-order valence-electron chi connectivity index (χ2n) is 7.11. The Labute approximate surface area is 155 Å². The van der Waals surface area contributed by atoms with E-state index in [1.165, 1.54) is 12.8 Å². The third-order valence-corrected chi connectivity index (χ3v) is 5.04. The minimum absolute atomic E-state index is 0.0138. The Morgan fingerprint density at radius 3 is 2.62 bits per heavy atom. The summed E-state index contributed by atoms with van der Waals surface area (Å²) in [6.07, 6.45) is 6.76. The predicted octanol–water partition coefficient (Wildman–Crippen LogP) is 2.68. The number of nitrogens with zero attached hydrogens (tertiary/aromatic N) is 1. The van der Waals surface area contributed by atoms with Crippen molar-refractivity contribution in [3.63, 3.8) is 0 Å². The SMILES string of the molecule is O=C(NC[C@H]1CCCO1)c1cccc(CNC(=O)N2CCCCCC2)c1. The van der Waals surface area contributed by atoms with Gasteiger partial charge in [0.15, 0.2) is 0 Å². The highest BCUT2D eigenvalue weighted by Crippen LogP contribution is 2.12. The topological polar surface area (TPSA) is 70.7 Å². The summed E-state index contributed by atoms with van der Waals surface area (Å²) in [6.45, 7) is 3.43. The van der Waals surface area contributed by atoms with Crippen molar-refractivity contribution in [1.82, 2.24) is 15.5 Å². The van der Waals surface area contributed by atoms with Gasteiger partial charge < -0.3 is 20.3 Å². The lowest BCUT2D eigenvalue weighted by Gasteiger charge is -2.20. The van der Waals surface area contributed by atoms with Crippen LogP contribution in [0.3, 0.4) is 0 Å². The van der Waals surface area contributed by atoms with Crippen molar-refractivity contribution in [2.75, 3.05) is 26.2 Å². The average molecular weight is 359 g/mol. The van der Waals surface area contributed by atoms with Gasteiger partial charge in [0, 0.05) is 38.3 Å². The number of urea groups is 1. The van der Waals surface area contributed by atoms with E-state index in [-0.39, 0.29) is 18.0 Å². The van der Waals surface area contributed by atoms with Crippen molar-refractivity contribution in [3.05, 3.63) is 35.4 Å². The summed E-state index contributed by atoms with van der Waals surface area (Å²) in [5.74, 6) is -0.0961. The van der Waals surface area contributed by atoms with Crippen LogP contribution in [0.2, 0.25) is 0 Å². The first kappa shape index (κ1) is 18.7. The largest absolute Gasteiger partial charge is 0.376 e. The molecule has 0 spiro atoms. The Morgan fingerprint density at radius 2 is 1.88 bits per heavy atom. The van der Waals surface area contributed by atoms with E-state index in [0.29, 0.717) is 18.7 Å². The zero-order valence-corrected chi connectivity index (χ0v) is 15.3. The maximum absolute atomic E-state index is 12.3. The fourth-order valence-corrected chi connectivity index (χ4v) is 3.50. The maximum atomic E-state index is 12.3. The van der Waals surface area contributed by atoms with Crippen LogP contribution in [0.4, 0.5) is 4.79 Å². The number of hydrogen-bond donors (Lipinski definition) is 2. The van der Waals surface area contributed by atoms with E-state index in [0.717, 1.165) is 50.9 Å². The second-order valence-corrected chi connectivity index (χ2v) is 7.11. The van der Waals surface area contributed by atoms with Crippen LogP contribution in [0.5, 0.6) is 0 Å². The molecule has 142 valence electrons. The van der Waals surface area contributed by atoms with E-state index >= 15 is 0 Å². The Kier molecular flexibility index (Phi) is 6.89. The third kappa shape index (κ3) is 5.46. The molecule has 0 aromatic heterocycles. The molecular weight excluding hydrogens is 330 g/mol. The lowest BCUT2D eigenvalue weighted by Crippen LogP contribution is -2.40. The molecule has 2 aliphatic heterocycles. The van der Waals surface area contributed by atoms with Crippen molar-refractivity contribution in [1.29, 1.82) is 0 Å². The van der Waals surface area contributed by atoms with Crippen molar-refractivity contribution >= 4 is 11.9 Å². The zero-order chi connectivity index (χ0) is 18.2. The summed E-state index contributed by atoms with van der Waals surface area (Å²) in [7, 11) is 0. The fourth-order valence-electron chi connectivity index (χ4n) is 3.50. The van der Waals surface area contributed by atoms with Crippen molar-refractivity contribution in [2.24, 2.45) is 0 Å². The molecule has 2 aliphatic rings. The molecular formula is C20H29N3O3. The van der Waals surface area contributed by atoms with Gasteiger partial charge in [-0.3, -0.25) is 4.79 Å². The van der Waals surface area contributed by atoms with Gasteiger partial charge in [-0.25, -0.2) is 4.79 Å². The molecule has 6 heteroatoms. The number of rotatable bonds is 5. The van der Waals surface area contributed by atoms with Crippen LogP contribution >= 0.6 is 0 Å². The molecule has 2 heterocycles. The molecule has 2 fully saturated rings. The molecule has 26 heavy (non-hydrogen) atoms. The quantitative estimate of drug-likeness (QED) is 0.849. The average Bonchev–Trinajstić information content (AvgIpc) is 3.04. The molecule has 3 amide bonds. The van der Waals surface area contributed by atoms with Crippen LogP contribution in [-0.2, 0) is 11.3 Å². The van der Waals surface area contributed by atoms with Crippen LogP contribution in [0, 0.1) is 0 Å². The first-order chi connectivity index (χ1) is 12.7. The number of amides is 3. The molecule has 1 aromatic rings. The highest BCUT2D eigenvalue weighted by atomic mass is 16.5. The Morgan fingerprint density at radius 1 is 1.08 bits per heavy atom. The van der Waals surface area contributed by atoms with E-state index in [1.807, 2.05) is 23.1 Å². The number of likely N-dealkylation sites (tertiary alicyclic amines) is 1. The predicted molar refractivity (Wildman–Crippen MR) is 100 cm³/mol. The number of carbonyl (C=O) groups is 2. The van der Waals surface area contributed by atoms with Gasteiger partial charge in [-0.05, 0) is 43.4 Å². The summed E-state index contributed by atoms with van der Waals surface area (Å²) in [5.41, 5.74) is 1.54. The van der Waals surface area contributed by atoms with Gasteiger partial charge in [-0.15, -0.1) is 0 Å². The number of ether oxygens (including phenoxy) is 1. The van der Waals surface area contributed by atoms with Gasteiger partial charge in [-0.2, -0.15) is 0 Å². The minimum Gasteiger partial charge on any atom is -0.376 e. The molecule has 3 rings (SSSR count). The zero-order valence-electron chi connectivity index (χ0n) is 15.3. The van der Waals surface area contributed by atoms with Crippen LogP contribution in [0.15, 0.2) is 24.3 Å². The molecule has 0 unspecified atom stereocenters. The van der Waals surface area contributed by atoms with Crippen LogP contribution < -0.4 is 10.6 Å². The normalized spacial score (nSPS) is 20.5. The molecule has 0 aliphatic carbocycles. The van der Waals surface area contributed by atoms with Gasteiger partial charge in [0.1, 0.15) is 0 Å². The standard InChI is InChI=1S/C20H29N3O3/c24-19(21-15-18-9-6-12-26-18)17-8-5-7-16(13-17)14-22-20(25)23-10-3-1-2-4-11-23/h5,7-8,13,18H,1-4,6,9-12,14-15H2,(H,21,24)(H,22,25)/t18-/m1/s1. The van der Waals surface area contributed by atoms with Crippen LogP contribution in [0.1, 0.15) is 54.4 Å². The number of hydrogen-bond acceptors (Lipinski definition) is 3. The monoisotopic (exact) mass is 359 g/mol. The van der Waals surface area contributed by atoms with Gasteiger partial charge >= 0.3 is 6.03 Å².